The molecule has 4 N–H and O–H groups in total. The van der Waals surface area contributed by atoms with E-state index < -0.39 is 22.5 Å². The first-order chi connectivity index (χ1) is 10.2. The zero-order chi connectivity index (χ0) is 18.6. The van der Waals surface area contributed by atoms with Crippen molar-refractivity contribution in [2.75, 3.05) is 39.3 Å². The molecule has 0 aromatic heterocycles. The highest BCUT2D eigenvalue weighted by Gasteiger charge is 1.89. The third kappa shape index (κ3) is 50.1. The van der Waals surface area contributed by atoms with Crippen molar-refractivity contribution in [1.82, 2.24) is 9.80 Å². The van der Waals surface area contributed by atoms with Crippen LogP contribution in [0, 0.1) is 0 Å². The highest BCUT2D eigenvalue weighted by Crippen LogP contribution is 1.82. The molecule has 2 atom stereocenters. The molecule has 0 heterocycles. The molecule has 10 heteroatoms. The predicted octanol–water partition coefficient (Wildman–Crippen LogP) is 0.175. The van der Waals surface area contributed by atoms with Crippen molar-refractivity contribution in [2.45, 2.75) is 41.5 Å². The Kier molecular flexibility index (Phi) is 35.4. The van der Waals surface area contributed by atoms with Crippen LogP contribution in [0.4, 0.5) is 0 Å². The van der Waals surface area contributed by atoms with Crippen LogP contribution in [0.1, 0.15) is 41.5 Å². The van der Waals surface area contributed by atoms with Crippen molar-refractivity contribution < 1.29 is 17.5 Å². The van der Waals surface area contributed by atoms with E-state index in [0.717, 1.165) is 0 Å². The summed E-state index contributed by atoms with van der Waals surface area (Å²) < 4.78 is 35.1. The standard InChI is InChI=1S/2C6H15N.2H3NO2S/c2*1-4-7(5-2)6-3;2*1-4(2)3/h2*4-6H2,1-3H3;2*1H2,(H,2,3)/p-2. The minimum Gasteiger partial charge on any atom is -0.760 e. The maximum Gasteiger partial charge on any atom is 0.0152 e. The third-order valence-corrected chi connectivity index (χ3v) is 2.68. The summed E-state index contributed by atoms with van der Waals surface area (Å²) in [5, 5.41) is 8.06. The molecular formula is C12H34N4O4S2-2. The molecule has 0 fully saturated rings. The lowest BCUT2D eigenvalue weighted by Gasteiger charge is -2.13. The molecular weight excluding hydrogens is 328 g/mol. The molecule has 0 aliphatic carbocycles. The summed E-state index contributed by atoms with van der Waals surface area (Å²) in [7, 11) is 0. The fourth-order valence-corrected chi connectivity index (χ4v) is 1.34. The molecule has 0 spiro atoms. The zero-order valence-electron chi connectivity index (χ0n) is 14.7. The Morgan fingerprint density at radius 2 is 0.727 bits per heavy atom. The van der Waals surface area contributed by atoms with E-state index in [1.54, 1.807) is 0 Å². The molecule has 0 aromatic rings. The van der Waals surface area contributed by atoms with Crippen LogP contribution in [0.5, 0.6) is 0 Å². The summed E-state index contributed by atoms with van der Waals surface area (Å²) >= 11 is -4.72. The summed E-state index contributed by atoms with van der Waals surface area (Å²) in [6, 6.07) is 0. The van der Waals surface area contributed by atoms with Gasteiger partial charge >= 0.3 is 0 Å². The quantitative estimate of drug-likeness (QED) is 0.646. The van der Waals surface area contributed by atoms with Crippen LogP contribution >= 0.6 is 0 Å². The largest absolute Gasteiger partial charge is 0.760 e. The first kappa shape index (κ1) is 30.0. The van der Waals surface area contributed by atoms with Gasteiger partial charge in [0.1, 0.15) is 0 Å². The minimum atomic E-state index is -2.36. The van der Waals surface area contributed by atoms with Crippen LogP contribution in [-0.4, -0.2) is 66.6 Å². The van der Waals surface area contributed by atoms with Gasteiger partial charge in [-0.1, -0.05) is 41.5 Å². The molecule has 0 aliphatic heterocycles. The number of hydrogen-bond donors (Lipinski definition) is 2. The molecule has 22 heavy (non-hydrogen) atoms. The highest BCUT2D eigenvalue weighted by atomic mass is 32.2. The Morgan fingerprint density at radius 3 is 0.727 bits per heavy atom. The zero-order valence-corrected chi connectivity index (χ0v) is 16.4. The Balaban J connectivity index is -0.000000102. The predicted molar refractivity (Wildman–Crippen MR) is 93.1 cm³/mol. The maximum atomic E-state index is 8.78. The van der Waals surface area contributed by atoms with E-state index in [4.69, 9.17) is 17.5 Å². The van der Waals surface area contributed by atoms with Gasteiger partial charge in [0, 0.05) is 22.5 Å². The normalized spacial score (nSPS) is 12.2. The van der Waals surface area contributed by atoms with E-state index in [2.05, 4.69) is 61.6 Å². The van der Waals surface area contributed by atoms with Crippen LogP contribution in [0.2, 0.25) is 0 Å². The lowest BCUT2D eigenvalue weighted by Crippen LogP contribution is -2.21. The fraction of sp³-hybridized carbons (Fsp3) is 1.00. The summed E-state index contributed by atoms with van der Waals surface area (Å²) in [5.41, 5.74) is 0. The molecule has 0 bridgehead atoms. The van der Waals surface area contributed by atoms with Crippen LogP contribution in [0.25, 0.3) is 0 Å². The minimum absolute atomic E-state index is 1.19. The van der Waals surface area contributed by atoms with Crippen molar-refractivity contribution in [3.8, 4) is 0 Å². The molecule has 0 rings (SSSR count). The molecule has 0 saturated heterocycles. The SMILES string of the molecule is CCN(CC)CC.CCN(CC)CC.NS(=O)[O-].NS(=O)[O-]. The molecule has 0 amide bonds. The molecule has 0 aromatic carbocycles. The number of hydrogen-bond acceptors (Lipinski definition) is 6. The topological polar surface area (TPSA) is 139 Å². The second kappa shape index (κ2) is 26.0. The lowest BCUT2D eigenvalue weighted by molar-refractivity contribution is 0.321. The van der Waals surface area contributed by atoms with E-state index >= 15 is 0 Å². The lowest BCUT2D eigenvalue weighted by atomic mass is 10.5. The van der Waals surface area contributed by atoms with Gasteiger partial charge in [-0.2, -0.15) is 0 Å². The molecule has 8 nitrogen and oxygen atoms in total. The monoisotopic (exact) mass is 362 g/mol. The number of nitrogens with zero attached hydrogens (tertiary/aromatic N) is 2. The van der Waals surface area contributed by atoms with Crippen molar-refractivity contribution in [2.24, 2.45) is 10.3 Å². The van der Waals surface area contributed by atoms with Crippen LogP contribution in [0.3, 0.4) is 0 Å². The first-order valence-corrected chi connectivity index (χ1v) is 9.55. The first-order valence-electron chi connectivity index (χ1n) is 7.28. The molecule has 2 unspecified atom stereocenters. The van der Waals surface area contributed by atoms with Gasteiger partial charge in [-0.05, 0) is 39.3 Å². The van der Waals surface area contributed by atoms with E-state index in [-0.39, 0.29) is 0 Å². The van der Waals surface area contributed by atoms with Gasteiger partial charge in [-0.25, -0.2) is 0 Å². The smallest absolute Gasteiger partial charge is 0.0152 e. The number of rotatable bonds is 6. The van der Waals surface area contributed by atoms with Gasteiger partial charge in [0.2, 0.25) is 0 Å². The third-order valence-electron chi connectivity index (χ3n) is 2.68. The van der Waals surface area contributed by atoms with Gasteiger partial charge in [-0.3, -0.25) is 18.7 Å². The summed E-state index contributed by atoms with van der Waals surface area (Å²) in [4.78, 5) is 4.75. The average Bonchev–Trinajstić information content (AvgIpc) is 2.42. The number of nitrogens with two attached hydrogens (primary N) is 2. The average molecular weight is 363 g/mol. The molecule has 0 radical (unpaired) electrons. The van der Waals surface area contributed by atoms with Crippen LogP contribution < -0.4 is 10.3 Å². The fourth-order valence-electron chi connectivity index (χ4n) is 1.34. The van der Waals surface area contributed by atoms with E-state index in [9.17, 15) is 0 Å². The second-order valence-electron chi connectivity index (χ2n) is 3.76. The summed E-state index contributed by atoms with van der Waals surface area (Å²) in [6.07, 6.45) is 0. The highest BCUT2D eigenvalue weighted by molar-refractivity contribution is 7.76. The van der Waals surface area contributed by atoms with Gasteiger partial charge in [0.25, 0.3) is 0 Å². The Hall–Kier alpha value is 0.0600. The van der Waals surface area contributed by atoms with Crippen LogP contribution in [-0.2, 0) is 22.5 Å². The van der Waals surface area contributed by atoms with E-state index in [1.165, 1.54) is 39.3 Å². The van der Waals surface area contributed by atoms with Crippen molar-refractivity contribution >= 4 is 22.5 Å². The summed E-state index contributed by atoms with van der Waals surface area (Å²) in [5.74, 6) is 0. The van der Waals surface area contributed by atoms with Crippen molar-refractivity contribution in [3.05, 3.63) is 0 Å². The van der Waals surface area contributed by atoms with Gasteiger partial charge in [-0.15, -0.1) is 0 Å². The molecule has 140 valence electrons. The van der Waals surface area contributed by atoms with Gasteiger partial charge in [0.05, 0.1) is 0 Å². The van der Waals surface area contributed by atoms with Crippen molar-refractivity contribution in [3.63, 3.8) is 0 Å². The van der Waals surface area contributed by atoms with Crippen LogP contribution in [0.15, 0.2) is 0 Å². The maximum absolute atomic E-state index is 8.78. The molecule has 0 aliphatic rings. The van der Waals surface area contributed by atoms with E-state index in [1.807, 2.05) is 0 Å². The second-order valence-corrected chi connectivity index (χ2v) is 4.80. The Labute approximate surface area is 141 Å². The van der Waals surface area contributed by atoms with Crippen molar-refractivity contribution in [1.29, 1.82) is 0 Å². The van der Waals surface area contributed by atoms with Gasteiger partial charge < -0.3 is 18.9 Å². The van der Waals surface area contributed by atoms with Gasteiger partial charge in [0.15, 0.2) is 0 Å². The Bertz CT molecular complexity index is 198. The van der Waals surface area contributed by atoms with E-state index in [0.29, 0.717) is 0 Å². The Morgan fingerprint density at radius 1 is 0.636 bits per heavy atom. The summed E-state index contributed by atoms with van der Waals surface area (Å²) in [6.45, 7) is 20.2. The molecule has 0 saturated carbocycles.